The molecule has 0 saturated carbocycles. The Hall–Kier alpha value is -3.00. The number of carbonyl (C=O) groups is 1. The molecule has 1 aromatic heterocycles. The van der Waals surface area contributed by atoms with Gasteiger partial charge in [0.05, 0.1) is 0 Å². The van der Waals surface area contributed by atoms with E-state index in [1.165, 1.54) is 0 Å². The second-order valence-corrected chi connectivity index (χ2v) is 7.97. The highest BCUT2D eigenvalue weighted by Gasteiger charge is 2.16. The summed E-state index contributed by atoms with van der Waals surface area (Å²) < 4.78 is 2.07. The normalized spacial score (nSPS) is 11.3. The third kappa shape index (κ3) is 4.28. The van der Waals surface area contributed by atoms with Crippen LogP contribution in [0.15, 0.2) is 48.0 Å². The van der Waals surface area contributed by atoms with Crippen molar-refractivity contribution in [3.8, 4) is 11.8 Å². The maximum atomic E-state index is 12.7. The lowest BCUT2D eigenvalue weighted by molar-refractivity contribution is -0.112. The number of rotatable bonds is 4. The molecule has 4 nitrogen and oxygen atoms in total. The summed E-state index contributed by atoms with van der Waals surface area (Å²) in [5, 5.41) is 13.7. The quantitative estimate of drug-likeness (QED) is 0.370. The number of nitrogens with zero attached hydrogens (tertiary/aromatic N) is 2. The van der Waals surface area contributed by atoms with Gasteiger partial charge in [-0.3, -0.25) is 4.79 Å². The molecule has 1 heterocycles. The summed E-state index contributed by atoms with van der Waals surface area (Å²) in [6.45, 7) is 7.75. The fraction of sp³-hybridized carbons (Fsp3) is 0.167. The lowest BCUT2D eigenvalue weighted by Gasteiger charge is -2.13. The van der Waals surface area contributed by atoms with E-state index < -0.39 is 5.91 Å². The van der Waals surface area contributed by atoms with Crippen molar-refractivity contribution in [1.82, 2.24) is 4.57 Å². The minimum absolute atomic E-state index is 0.0208. The van der Waals surface area contributed by atoms with Crippen LogP contribution in [0.3, 0.4) is 0 Å². The topological polar surface area (TPSA) is 57.8 Å². The molecule has 2 aromatic carbocycles. The van der Waals surface area contributed by atoms with Crippen molar-refractivity contribution in [2.45, 2.75) is 27.7 Å². The Bertz CT molecular complexity index is 1220. The maximum absolute atomic E-state index is 12.7. The molecule has 6 heteroatoms. The first kappa shape index (κ1) is 21.7. The van der Waals surface area contributed by atoms with Crippen LogP contribution in [0.2, 0.25) is 10.0 Å². The number of anilines is 1. The number of halogens is 2. The molecule has 0 aliphatic rings. The molecule has 1 amide bonds. The number of benzene rings is 2. The molecule has 3 rings (SSSR count). The lowest BCUT2D eigenvalue weighted by atomic mass is 10.1. The van der Waals surface area contributed by atoms with Gasteiger partial charge in [-0.15, -0.1) is 0 Å². The zero-order valence-electron chi connectivity index (χ0n) is 17.2. The molecule has 0 radical (unpaired) electrons. The molecule has 0 saturated heterocycles. The Kier molecular flexibility index (Phi) is 6.36. The van der Waals surface area contributed by atoms with Crippen molar-refractivity contribution >= 4 is 40.9 Å². The van der Waals surface area contributed by atoms with Crippen LogP contribution in [0.4, 0.5) is 5.69 Å². The van der Waals surface area contributed by atoms with E-state index in [0.29, 0.717) is 15.7 Å². The molecule has 0 spiro atoms. The van der Waals surface area contributed by atoms with Gasteiger partial charge in [0.15, 0.2) is 0 Å². The Balaban J connectivity index is 1.98. The summed E-state index contributed by atoms with van der Waals surface area (Å²) in [5.74, 6) is -0.466. The van der Waals surface area contributed by atoms with Crippen molar-refractivity contribution in [2.75, 3.05) is 5.32 Å². The Morgan fingerprint density at radius 1 is 1.10 bits per heavy atom. The number of hydrogen-bond acceptors (Lipinski definition) is 2. The highest BCUT2D eigenvalue weighted by atomic mass is 35.5. The molecule has 0 bridgehead atoms. The van der Waals surface area contributed by atoms with E-state index in [-0.39, 0.29) is 5.57 Å². The first-order valence-corrected chi connectivity index (χ1v) is 10.1. The SMILES string of the molecule is Cc1cc(Cl)ccc1NC(=O)/C(C#N)=C/c1cc(C)n(-c2cccc(Cl)c2C)c1C. The first-order valence-electron chi connectivity index (χ1n) is 9.36. The van der Waals surface area contributed by atoms with E-state index in [4.69, 9.17) is 23.2 Å². The third-order valence-corrected chi connectivity index (χ3v) is 5.70. The van der Waals surface area contributed by atoms with Crippen LogP contribution in [-0.4, -0.2) is 10.5 Å². The Morgan fingerprint density at radius 3 is 2.50 bits per heavy atom. The van der Waals surface area contributed by atoms with Crippen LogP contribution in [0.25, 0.3) is 11.8 Å². The monoisotopic (exact) mass is 437 g/mol. The van der Waals surface area contributed by atoms with Crippen LogP contribution in [-0.2, 0) is 4.79 Å². The molecule has 3 aromatic rings. The summed E-state index contributed by atoms with van der Waals surface area (Å²) in [7, 11) is 0. The molecular formula is C24H21Cl2N3O. The van der Waals surface area contributed by atoms with Gasteiger partial charge < -0.3 is 9.88 Å². The van der Waals surface area contributed by atoms with Gasteiger partial charge in [0.1, 0.15) is 11.6 Å². The van der Waals surface area contributed by atoms with E-state index >= 15 is 0 Å². The van der Waals surface area contributed by atoms with Crippen LogP contribution in [0.1, 0.15) is 28.1 Å². The predicted octanol–water partition coefficient (Wildman–Crippen LogP) is 6.56. The van der Waals surface area contributed by atoms with E-state index in [2.05, 4.69) is 9.88 Å². The molecule has 0 aliphatic carbocycles. The molecule has 1 N–H and O–H groups in total. The molecule has 0 unspecified atom stereocenters. The summed E-state index contributed by atoms with van der Waals surface area (Å²) >= 11 is 12.3. The summed E-state index contributed by atoms with van der Waals surface area (Å²) in [4.78, 5) is 12.7. The van der Waals surface area contributed by atoms with Gasteiger partial charge in [-0.05, 0) is 86.9 Å². The van der Waals surface area contributed by atoms with Gasteiger partial charge in [-0.1, -0.05) is 29.3 Å². The number of hydrogen-bond donors (Lipinski definition) is 1. The Labute approximate surface area is 186 Å². The van der Waals surface area contributed by atoms with Gasteiger partial charge in [0.2, 0.25) is 0 Å². The van der Waals surface area contributed by atoms with Crippen LogP contribution < -0.4 is 5.32 Å². The zero-order valence-corrected chi connectivity index (χ0v) is 18.7. The van der Waals surface area contributed by atoms with Crippen molar-refractivity contribution in [1.29, 1.82) is 5.26 Å². The average Bonchev–Trinajstić information content (AvgIpc) is 2.97. The highest BCUT2D eigenvalue weighted by Crippen LogP contribution is 2.28. The molecule has 152 valence electrons. The molecule has 0 atom stereocenters. The van der Waals surface area contributed by atoms with E-state index in [9.17, 15) is 10.1 Å². The summed E-state index contributed by atoms with van der Waals surface area (Å²) in [6.07, 6.45) is 1.61. The second-order valence-electron chi connectivity index (χ2n) is 7.13. The average molecular weight is 438 g/mol. The van der Waals surface area contributed by atoms with Crippen molar-refractivity contribution in [2.24, 2.45) is 0 Å². The number of aryl methyl sites for hydroxylation is 2. The fourth-order valence-corrected chi connectivity index (χ4v) is 3.80. The number of nitrogens with one attached hydrogen (secondary N) is 1. The minimum Gasteiger partial charge on any atom is -0.321 e. The fourth-order valence-electron chi connectivity index (χ4n) is 3.40. The number of carbonyl (C=O) groups excluding carboxylic acids is 1. The largest absolute Gasteiger partial charge is 0.321 e. The summed E-state index contributed by atoms with van der Waals surface area (Å²) in [6, 6.07) is 14.9. The smallest absolute Gasteiger partial charge is 0.266 e. The third-order valence-electron chi connectivity index (χ3n) is 5.05. The van der Waals surface area contributed by atoms with Crippen molar-refractivity contribution in [3.05, 3.63) is 86.2 Å². The van der Waals surface area contributed by atoms with Crippen LogP contribution in [0, 0.1) is 39.0 Å². The number of amides is 1. The van der Waals surface area contributed by atoms with Gasteiger partial charge in [-0.25, -0.2) is 0 Å². The number of aromatic nitrogens is 1. The van der Waals surface area contributed by atoms with E-state index in [1.54, 1.807) is 24.3 Å². The highest BCUT2D eigenvalue weighted by molar-refractivity contribution is 6.31. The predicted molar refractivity (Wildman–Crippen MR) is 123 cm³/mol. The zero-order chi connectivity index (χ0) is 22.0. The minimum atomic E-state index is -0.466. The molecular weight excluding hydrogens is 417 g/mol. The van der Waals surface area contributed by atoms with Gasteiger partial charge in [0.25, 0.3) is 5.91 Å². The second kappa shape index (κ2) is 8.79. The van der Waals surface area contributed by atoms with Gasteiger partial charge >= 0.3 is 0 Å². The van der Waals surface area contributed by atoms with E-state index in [0.717, 1.165) is 33.8 Å². The maximum Gasteiger partial charge on any atom is 0.266 e. The Morgan fingerprint density at radius 2 is 1.83 bits per heavy atom. The van der Waals surface area contributed by atoms with Crippen molar-refractivity contribution < 1.29 is 4.79 Å². The van der Waals surface area contributed by atoms with Crippen LogP contribution in [0.5, 0.6) is 0 Å². The van der Waals surface area contributed by atoms with Crippen molar-refractivity contribution in [3.63, 3.8) is 0 Å². The molecule has 0 aliphatic heterocycles. The molecule has 30 heavy (non-hydrogen) atoms. The van der Waals surface area contributed by atoms with Gasteiger partial charge in [0, 0.05) is 32.8 Å². The first-order chi connectivity index (χ1) is 14.2. The molecule has 0 fully saturated rings. The lowest BCUT2D eigenvalue weighted by Crippen LogP contribution is -2.14. The van der Waals surface area contributed by atoms with Gasteiger partial charge in [-0.2, -0.15) is 5.26 Å². The number of nitriles is 1. The summed E-state index contributed by atoms with van der Waals surface area (Å²) in [5.41, 5.74) is 6.09. The van der Waals surface area contributed by atoms with Crippen LogP contribution >= 0.6 is 23.2 Å². The van der Waals surface area contributed by atoms with E-state index in [1.807, 2.05) is 58.0 Å². The standard InChI is InChI=1S/C24H21Cl2N3O/c1-14-10-20(25)8-9-22(14)28-24(30)19(13-27)12-18-11-15(2)29(17(18)4)23-7-5-6-21(26)16(23)3/h5-12H,1-4H3,(H,28,30)/b19-12+.